The summed E-state index contributed by atoms with van der Waals surface area (Å²) in [5, 5.41) is 0.351. The fourth-order valence-corrected chi connectivity index (χ4v) is 5.03. The third-order valence-corrected chi connectivity index (χ3v) is 6.81. The van der Waals surface area contributed by atoms with E-state index in [0.717, 1.165) is 51.5 Å². The van der Waals surface area contributed by atoms with E-state index < -0.39 is 24.8 Å². The molecule has 206 valence electrons. The molecule has 13 heteroatoms. The minimum Gasteiger partial charge on any atom is -0.493 e. The van der Waals surface area contributed by atoms with Crippen LogP contribution in [0.4, 0.5) is 31.1 Å². The first-order chi connectivity index (χ1) is 18.0. The van der Waals surface area contributed by atoms with Crippen molar-refractivity contribution in [1.82, 2.24) is 15.1 Å². The SMILES string of the molecule is O=C(OC(NC(F)(F)F)C(F)(F)F)N1CCN(C(c2ccc3c(c2)CCO3)c2ccc3c(c2)CCO3)CC1. The van der Waals surface area contributed by atoms with Gasteiger partial charge in [-0.3, -0.25) is 4.90 Å². The lowest BCUT2D eigenvalue weighted by atomic mass is 9.93. The maximum Gasteiger partial charge on any atom is 0.460 e. The van der Waals surface area contributed by atoms with E-state index in [-0.39, 0.29) is 32.2 Å². The highest BCUT2D eigenvalue weighted by molar-refractivity contribution is 5.68. The standard InChI is InChI=1S/C25H25F6N3O4/c26-24(27,28)22(32-25(29,30)31)38-23(35)34-9-7-33(8-10-34)21(17-1-3-19-15(13-17)5-11-36-19)18-2-4-20-16(14-18)6-12-37-20/h1-4,13-14,21-22,32H,5-12H2. The Morgan fingerprint density at radius 1 is 0.842 bits per heavy atom. The van der Waals surface area contributed by atoms with Crippen LogP contribution in [0.3, 0.4) is 0 Å². The van der Waals surface area contributed by atoms with E-state index in [9.17, 15) is 31.1 Å². The topological polar surface area (TPSA) is 63.3 Å². The largest absolute Gasteiger partial charge is 0.493 e. The third-order valence-electron chi connectivity index (χ3n) is 6.81. The fraction of sp³-hybridized carbons (Fsp3) is 0.480. The van der Waals surface area contributed by atoms with Crippen LogP contribution in [0.1, 0.15) is 28.3 Å². The highest BCUT2D eigenvalue weighted by Gasteiger charge is 2.49. The molecule has 38 heavy (non-hydrogen) atoms. The summed E-state index contributed by atoms with van der Waals surface area (Å²) in [6.07, 6.45) is -14.2. The first-order valence-electron chi connectivity index (χ1n) is 12.1. The van der Waals surface area contributed by atoms with Crippen LogP contribution in [-0.2, 0) is 17.6 Å². The quantitative estimate of drug-likeness (QED) is 0.342. The number of fused-ring (bicyclic) bond motifs is 2. The monoisotopic (exact) mass is 545 g/mol. The molecule has 0 saturated carbocycles. The molecule has 3 aliphatic rings. The zero-order valence-electron chi connectivity index (χ0n) is 20.1. The number of carbonyl (C=O) groups is 1. The number of hydrogen-bond acceptors (Lipinski definition) is 6. The number of ether oxygens (including phenoxy) is 3. The van der Waals surface area contributed by atoms with Gasteiger partial charge in [0.15, 0.2) is 0 Å². The van der Waals surface area contributed by atoms with Crippen molar-refractivity contribution in [2.24, 2.45) is 0 Å². The first-order valence-corrected chi connectivity index (χ1v) is 12.1. The summed E-state index contributed by atoms with van der Waals surface area (Å²) < 4.78 is 92.1. The van der Waals surface area contributed by atoms with Crippen LogP contribution in [0.2, 0.25) is 0 Å². The maximum absolute atomic E-state index is 13.0. The summed E-state index contributed by atoms with van der Waals surface area (Å²) in [5.41, 5.74) is 4.15. The van der Waals surface area contributed by atoms with Gasteiger partial charge in [0.2, 0.25) is 0 Å². The van der Waals surface area contributed by atoms with Crippen LogP contribution < -0.4 is 14.8 Å². The zero-order valence-corrected chi connectivity index (χ0v) is 20.1. The van der Waals surface area contributed by atoms with Crippen LogP contribution in [0, 0.1) is 0 Å². The van der Waals surface area contributed by atoms with Crippen molar-refractivity contribution in [3.8, 4) is 11.5 Å². The summed E-state index contributed by atoms with van der Waals surface area (Å²) >= 11 is 0. The predicted octanol–water partition coefficient (Wildman–Crippen LogP) is 4.40. The van der Waals surface area contributed by atoms with Crippen LogP contribution in [0.25, 0.3) is 0 Å². The minimum absolute atomic E-state index is 0.0198. The molecule has 7 nitrogen and oxygen atoms in total. The number of nitrogens with one attached hydrogen (secondary N) is 1. The van der Waals surface area contributed by atoms with Crippen molar-refractivity contribution in [2.75, 3.05) is 39.4 Å². The highest BCUT2D eigenvalue weighted by Crippen LogP contribution is 2.37. The van der Waals surface area contributed by atoms with E-state index in [1.165, 1.54) is 0 Å². The van der Waals surface area contributed by atoms with Crippen molar-refractivity contribution in [3.63, 3.8) is 0 Å². The van der Waals surface area contributed by atoms with Crippen molar-refractivity contribution in [1.29, 1.82) is 0 Å². The fourth-order valence-electron chi connectivity index (χ4n) is 5.03. The highest BCUT2D eigenvalue weighted by atomic mass is 19.4. The Kier molecular flexibility index (Phi) is 7.07. The number of piperazine rings is 1. The Labute approximate surface area is 214 Å². The van der Waals surface area contributed by atoms with Crippen LogP contribution >= 0.6 is 0 Å². The van der Waals surface area contributed by atoms with Gasteiger partial charge >= 0.3 is 18.6 Å². The Bertz CT molecular complexity index is 1120. The number of hydrogen-bond donors (Lipinski definition) is 1. The Morgan fingerprint density at radius 3 is 1.84 bits per heavy atom. The molecule has 3 aliphatic heterocycles. The van der Waals surface area contributed by atoms with Gasteiger partial charge in [0, 0.05) is 39.0 Å². The van der Waals surface area contributed by atoms with Gasteiger partial charge in [0.1, 0.15) is 11.5 Å². The Balaban J connectivity index is 1.33. The van der Waals surface area contributed by atoms with Gasteiger partial charge < -0.3 is 19.1 Å². The van der Waals surface area contributed by atoms with Gasteiger partial charge in [-0.2, -0.15) is 31.7 Å². The number of benzene rings is 2. The Morgan fingerprint density at radius 2 is 1.37 bits per heavy atom. The van der Waals surface area contributed by atoms with Gasteiger partial charge in [-0.15, -0.1) is 0 Å². The molecule has 0 bridgehead atoms. The van der Waals surface area contributed by atoms with E-state index in [1.807, 2.05) is 24.3 Å². The van der Waals surface area contributed by atoms with Gasteiger partial charge in [0.05, 0.1) is 19.3 Å². The summed E-state index contributed by atoms with van der Waals surface area (Å²) in [4.78, 5) is 15.4. The van der Waals surface area contributed by atoms with E-state index in [4.69, 9.17) is 9.47 Å². The molecule has 1 unspecified atom stereocenters. The average Bonchev–Trinajstić information content (AvgIpc) is 3.51. The number of nitrogens with zero attached hydrogens (tertiary/aromatic N) is 2. The summed E-state index contributed by atoms with van der Waals surface area (Å²) in [5.74, 6) is 1.66. The van der Waals surface area contributed by atoms with Crippen molar-refractivity contribution in [2.45, 2.75) is 37.6 Å². The Hall–Kier alpha value is -3.19. The lowest BCUT2D eigenvalue weighted by molar-refractivity contribution is -0.263. The molecule has 0 aliphatic carbocycles. The molecular formula is C25H25F6N3O4. The molecule has 2 aromatic carbocycles. The lowest BCUT2D eigenvalue weighted by Crippen LogP contribution is -2.55. The molecule has 1 atom stereocenters. The van der Waals surface area contributed by atoms with Crippen molar-refractivity contribution >= 4 is 6.09 Å². The normalized spacial score (nSPS) is 18.6. The summed E-state index contributed by atoms with van der Waals surface area (Å²) in [6, 6.07) is 11.7. The molecule has 1 fully saturated rings. The molecule has 2 aromatic rings. The summed E-state index contributed by atoms with van der Waals surface area (Å²) in [6.45, 7) is 1.70. The van der Waals surface area contributed by atoms with Crippen LogP contribution in [-0.4, -0.2) is 74.0 Å². The van der Waals surface area contributed by atoms with Crippen molar-refractivity contribution in [3.05, 3.63) is 58.7 Å². The van der Waals surface area contributed by atoms with Gasteiger partial charge in [0.25, 0.3) is 6.23 Å². The second kappa shape index (κ2) is 10.2. The molecule has 0 aromatic heterocycles. The van der Waals surface area contributed by atoms with Crippen LogP contribution in [0.15, 0.2) is 36.4 Å². The summed E-state index contributed by atoms with van der Waals surface area (Å²) in [7, 11) is 0. The van der Waals surface area contributed by atoms with E-state index in [2.05, 4.69) is 21.8 Å². The second-order valence-corrected chi connectivity index (χ2v) is 9.30. The first kappa shape index (κ1) is 26.4. The number of alkyl halides is 6. The molecular weight excluding hydrogens is 520 g/mol. The number of carbonyl (C=O) groups excluding carboxylic acids is 1. The van der Waals surface area contributed by atoms with Crippen molar-refractivity contribution < 1.29 is 45.3 Å². The molecule has 0 spiro atoms. The van der Waals surface area contributed by atoms with Crippen LogP contribution in [0.5, 0.6) is 11.5 Å². The van der Waals surface area contributed by atoms with Gasteiger partial charge in [-0.25, -0.2) is 4.79 Å². The van der Waals surface area contributed by atoms with E-state index >= 15 is 0 Å². The van der Waals surface area contributed by atoms with E-state index in [0.29, 0.717) is 18.5 Å². The molecule has 1 N–H and O–H groups in total. The molecule has 0 radical (unpaired) electrons. The van der Waals surface area contributed by atoms with Gasteiger partial charge in [-0.1, -0.05) is 24.3 Å². The number of halogens is 6. The molecule has 1 amide bonds. The maximum atomic E-state index is 13.0. The van der Waals surface area contributed by atoms with Gasteiger partial charge in [-0.05, 0) is 34.4 Å². The smallest absolute Gasteiger partial charge is 0.460 e. The molecule has 5 rings (SSSR count). The predicted molar refractivity (Wildman–Crippen MR) is 122 cm³/mol. The zero-order chi connectivity index (χ0) is 27.1. The molecule has 1 saturated heterocycles. The third kappa shape index (κ3) is 5.78. The number of amides is 1. The molecule has 3 heterocycles. The minimum atomic E-state index is -5.44. The van der Waals surface area contributed by atoms with E-state index in [1.54, 1.807) is 0 Å². The number of rotatable bonds is 5. The lowest BCUT2D eigenvalue weighted by Gasteiger charge is -2.40. The second-order valence-electron chi connectivity index (χ2n) is 9.30. The average molecular weight is 545 g/mol.